The molecule has 1 heterocycles. The van der Waals surface area contributed by atoms with Crippen molar-refractivity contribution >= 4 is 28.7 Å². The van der Waals surface area contributed by atoms with Gasteiger partial charge in [0.1, 0.15) is 27.2 Å². The van der Waals surface area contributed by atoms with E-state index < -0.39 is 22.1 Å². The summed E-state index contributed by atoms with van der Waals surface area (Å²) in [6.45, 7) is 0.442. The summed E-state index contributed by atoms with van der Waals surface area (Å²) in [5.41, 5.74) is -0.184. The summed E-state index contributed by atoms with van der Waals surface area (Å²) in [5, 5.41) is 20.6. The number of benzene rings is 2. The molecule has 1 aliphatic carbocycles. The van der Waals surface area contributed by atoms with Gasteiger partial charge in [-0.15, -0.1) is 0 Å². The van der Waals surface area contributed by atoms with Crippen LogP contribution < -0.4 is 10.6 Å². The summed E-state index contributed by atoms with van der Waals surface area (Å²) in [4.78, 5) is 16.7. The van der Waals surface area contributed by atoms with Gasteiger partial charge in [0.15, 0.2) is 6.19 Å². The number of nitrogens with zero attached hydrogens (tertiary/aromatic N) is 4. The third-order valence-corrected chi connectivity index (χ3v) is 7.69. The third kappa shape index (κ3) is 4.92. The smallest absolute Gasteiger partial charge is 0.276 e. The number of carbonyl (C=O) groups excluding carboxylic acids is 1. The average molecular weight is 513 g/mol. The molecule has 11 heteroatoms. The van der Waals surface area contributed by atoms with Crippen molar-refractivity contribution in [1.29, 1.82) is 5.26 Å². The number of guanidine groups is 1. The zero-order chi connectivity index (χ0) is 25.8. The summed E-state index contributed by atoms with van der Waals surface area (Å²) in [7, 11) is 3.05. The quantitative estimate of drug-likeness (QED) is 0.184. The number of hydrogen-bond acceptors (Lipinski definition) is 6. The average Bonchev–Trinajstić information content (AvgIpc) is 3.61. The van der Waals surface area contributed by atoms with Crippen LogP contribution in [-0.2, 0) is 14.4 Å². The van der Waals surface area contributed by atoms with Gasteiger partial charge in [-0.05, 0) is 49.4 Å². The molecular formula is C25H26F2N6O2S. The monoisotopic (exact) mass is 512 g/mol. The lowest BCUT2D eigenvalue weighted by Gasteiger charge is -2.37. The van der Waals surface area contributed by atoms with E-state index in [4.69, 9.17) is 10.00 Å². The minimum Gasteiger partial charge on any atom is -0.368 e. The standard InChI is InChI=1S/C25H26F2N6O2S/c1-29-23(31-16-28)30-14-6-11-25(17-7-4-3-5-8-17)33(22(34)24(35-2)12-13-24)32-21(36-25)19-15-18(26)9-10-20(19)27/h3-5,7-10,15H,6,11-14H2,1-2H3,(H2,29,30,31). The van der Waals surface area contributed by atoms with Gasteiger partial charge in [-0.1, -0.05) is 42.1 Å². The van der Waals surface area contributed by atoms with Crippen molar-refractivity contribution in [3.05, 3.63) is 71.3 Å². The second kappa shape index (κ2) is 10.6. The number of hydrazone groups is 1. The maximum absolute atomic E-state index is 14.8. The Hall–Kier alpha value is -3.49. The number of thioether (sulfide) groups is 1. The molecule has 0 spiro atoms. The minimum atomic E-state index is -1.02. The van der Waals surface area contributed by atoms with E-state index in [1.807, 2.05) is 36.5 Å². The summed E-state index contributed by atoms with van der Waals surface area (Å²) in [6.07, 6.45) is 3.91. The number of rotatable bonds is 8. The van der Waals surface area contributed by atoms with E-state index in [2.05, 4.69) is 20.7 Å². The van der Waals surface area contributed by atoms with Crippen molar-refractivity contribution in [3.63, 3.8) is 0 Å². The lowest BCUT2D eigenvalue weighted by molar-refractivity contribution is -0.148. The van der Waals surface area contributed by atoms with Crippen molar-refractivity contribution in [3.8, 4) is 6.19 Å². The molecule has 0 bridgehead atoms. The Labute approximate surface area is 212 Å². The number of halogens is 2. The predicted octanol–water partition coefficient (Wildman–Crippen LogP) is 3.66. The van der Waals surface area contributed by atoms with Crippen molar-refractivity contribution in [2.24, 2.45) is 10.1 Å². The fourth-order valence-electron chi connectivity index (χ4n) is 4.13. The zero-order valence-corrected chi connectivity index (χ0v) is 20.7. The number of methoxy groups -OCH3 is 1. The largest absolute Gasteiger partial charge is 0.368 e. The highest BCUT2D eigenvalue weighted by Gasteiger charge is 2.59. The van der Waals surface area contributed by atoms with Gasteiger partial charge in [0.05, 0.1) is 0 Å². The molecule has 1 fully saturated rings. The maximum Gasteiger partial charge on any atom is 0.276 e. The maximum atomic E-state index is 14.8. The summed E-state index contributed by atoms with van der Waals surface area (Å²) >= 11 is 1.22. The predicted molar refractivity (Wildman–Crippen MR) is 134 cm³/mol. The lowest BCUT2D eigenvalue weighted by atomic mass is 9.99. The number of carbonyl (C=O) groups is 1. The second-order valence-electron chi connectivity index (χ2n) is 8.44. The fourth-order valence-corrected chi connectivity index (χ4v) is 5.55. The molecule has 0 saturated heterocycles. The molecule has 1 amide bonds. The van der Waals surface area contributed by atoms with E-state index in [1.54, 1.807) is 7.05 Å². The Morgan fingerprint density at radius 1 is 1.28 bits per heavy atom. The van der Waals surface area contributed by atoms with E-state index in [-0.39, 0.29) is 16.5 Å². The van der Waals surface area contributed by atoms with Crippen LogP contribution in [0.3, 0.4) is 0 Å². The van der Waals surface area contributed by atoms with E-state index in [0.717, 1.165) is 23.8 Å². The first-order valence-electron chi connectivity index (χ1n) is 11.4. The SMILES string of the molecule is CN=C(NC#N)NCCCC1(c2ccccc2)SC(c2cc(F)ccc2F)=NN1C(=O)C1(OC)CC1. The van der Waals surface area contributed by atoms with Crippen LogP contribution in [0.5, 0.6) is 0 Å². The number of aliphatic imine (C=N–C) groups is 1. The Bertz CT molecular complexity index is 1230. The molecule has 188 valence electrons. The zero-order valence-electron chi connectivity index (χ0n) is 19.9. The molecule has 1 atom stereocenters. The van der Waals surface area contributed by atoms with Crippen molar-refractivity contribution in [2.45, 2.75) is 36.2 Å². The first-order chi connectivity index (χ1) is 17.4. The Morgan fingerprint density at radius 2 is 2.03 bits per heavy atom. The second-order valence-corrected chi connectivity index (χ2v) is 9.70. The van der Waals surface area contributed by atoms with Gasteiger partial charge < -0.3 is 10.1 Å². The van der Waals surface area contributed by atoms with Crippen LogP contribution in [0, 0.1) is 23.1 Å². The van der Waals surface area contributed by atoms with Gasteiger partial charge in [0.25, 0.3) is 5.91 Å². The highest BCUT2D eigenvalue weighted by molar-refractivity contribution is 8.15. The highest BCUT2D eigenvalue weighted by Crippen LogP contribution is 2.53. The third-order valence-electron chi connectivity index (χ3n) is 6.24. The Balaban J connectivity index is 1.72. The van der Waals surface area contributed by atoms with Crippen LogP contribution >= 0.6 is 11.8 Å². The number of nitrogens with one attached hydrogen (secondary N) is 2. The van der Waals surface area contributed by atoms with Crippen LogP contribution in [0.1, 0.15) is 36.8 Å². The molecule has 1 saturated carbocycles. The molecular weight excluding hydrogens is 486 g/mol. The lowest BCUT2D eigenvalue weighted by Crippen LogP contribution is -2.48. The number of amides is 1. The van der Waals surface area contributed by atoms with Crippen LogP contribution in [0.4, 0.5) is 8.78 Å². The summed E-state index contributed by atoms with van der Waals surface area (Å²) < 4.78 is 34.4. The molecule has 8 nitrogen and oxygen atoms in total. The van der Waals surface area contributed by atoms with Crippen LogP contribution in [0.25, 0.3) is 0 Å². The summed E-state index contributed by atoms with van der Waals surface area (Å²) in [6, 6.07) is 12.6. The molecule has 0 radical (unpaired) electrons. The molecule has 2 N–H and O–H groups in total. The first-order valence-corrected chi connectivity index (χ1v) is 12.2. The van der Waals surface area contributed by atoms with Crippen LogP contribution in [-0.4, -0.2) is 48.2 Å². The summed E-state index contributed by atoms with van der Waals surface area (Å²) in [5.74, 6) is -1.21. The van der Waals surface area contributed by atoms with Gasteiger partial charge in [-0.2, -0.15) is 10.4 Å². The van der Waals surface area contributed by atoms with Gasteiger partial charge in [0.2, 0.25) is 5.96 Å². The molecule has 1 aliphatic heterocycles. The van der Waals surface area contributed by atoms with E-state index in [1.165, 1.54) is 23.9 Å². The van der Waals surface area contributed by atoms with Gasteiger partial charge in [-0.25, -0.2) is 13.8 Å². The molecule has 2 aromatic rings. The molecule has 4 rings (SSSR count). The molecule has 2 aromatic carbocycles. The normalized spacial score (nSPS) is 20.5. The molecule has 36 heavy (non-hydrogen) atoms. The van der Waals surface area contributed by atoms with Crippen molar-refractivity contribution in [2.75, 3.05) is 20.7 Å². The minimum absolute atomic E-state index is 0.00498. The number of ether oxygens (including phenoxy) is 1. The van der Waals surface area contributed by atoms with E-state index in [0.29, 0.717) is 38.2 Å². The van der Waals surface area contributed by atoms with Crippen LogP contribution in [0.2, 0.25) is 0 Å². The Morgan fingerprint density at radius 3 is 2.67 bits per heavy atom. The Kier molecular flexibility index (Phi) is 7.56. The van der Waals surface area contributed by atoms with Gasteiger partial charge in [0, 0.05) is 26.3 Å². The highest BCUT2D eigenvalue weighted by atomic mass is 32.2. The molecule has 1 unspecified atom stereocenters. The van der Waals surface area contributed by atoms with Crippen molar-refractivity contribution in [1.82, 2.24) is 15.6 Å². The van der Waals surface area contributed by atoms with E-state index >= 15 is 0 Å². The van der Waals surface area contributed by atoms with E-state index in [9.17, 15) is 13.6 Å². The van der Waals surface area contributed by atoms with Crippen molar-refractivity contribution < 1.29 is 18.3 Å². The number of hydrogen-bond donors (Lipinski definition) is 2. The first kappa shape index (κ1) is 25.6. The molecule has 2 aliphatic rings. The van der Waals surface area contributed by atoms with Crippen LogP contribution in [0.15, 0.2) is 58.6 Å². The van der Waals surface area contributed by atoms with Gasteiger partial charge in [-0.3, -0.25) is 15.1 Å². The molecule has 0 aromatic heterocycles. The number of nitriles is 1. The topological polar surface area (TPSA) is 102 Å². The van der Waals surface area contributed by atoms with Gasteiger partial charge >= 0.3 is 0 Å². The fraction of sp³-hybridized carbons (Fsp3) is 0.360.